The van der Waals surface area contributed by atoms with Crippen LogP contribution >= 0.6 is 0 Å². The third kappa shape index (κ3) is 5.20. The van der Waals surface area contributed by atoms with E-state index in [0.29, 0.717) is 25.4 Å². The fraction of sp³-hybridized carbons (Fsp3) is 0.292. The monoisotopic (exact) mass is 456 g/mol. The molecule has 0 saturated heterocycles. The fourth-order valence-electron chi connectivity index (χ4n) is 3.49. The lowest BCUT2D eigenvalue weighted by molar-refractivity contribution is 0.0717. The molecule has 32 heavy (non-hydrogen) atoms. The third-order valence-corrected chi connectivity index (χ3v) is 7.24. The summed E-state index contributed by atoms with van der Waals surface area (Å²) in [6, 6.07) is 17.7. The van der Waals surface area contributed by atoms with Crippen LogP contribution in [-0.4, -0.2) is 43.7 Å². The average Bonchev–Trinajstić information content (AvgIpc) is 3.32. The second-order valence-electron chi connectivity index (χ2n) is 7.18. The number of nitrogens with zero attached hydrogens (tertiary/aromatic N) is 2. The molecule has 0 saturated carbocycles. The molecule has 2 aromatic carbocycles. The number of benzene rings is 2. The lowest BCUT2D eigenvalue weighted by Gasteiger charge is -2.24. The SMILES string of the molecule is CCN(CC)S(=O)(=O)c1cc(C(=O)N(Cc2ccccc2)Cc2ccco2)ccc1OC. The van der Waals surface area contributed by atoms with Gasteiger partial charge in [-0.15, -0.1) is 0 Å². The van der Waals surface area contributed by atoms with Crippen LogP contribution in [0.15, 0.2) is 76.2 Å². The number of sulfonamides is 1. The van der Waals surface area contributed by atoms with Crippen molar-refractivity contribution in [2.45, 2.75) is 31.8 Å². The summed E-state index contributed by atoms with van der Waals surface area (Å²) >= 11 is 0. The smallest absolute Gasteiger partial charge is 0.254 e. The van der Waals surface area contributed by atoms with Gasteiger partial charge in [0.05, 0.1) is 19.9 Å². The van der Waals surface area contributed by atoms with E-state index in [-0.39, 0.29) is 28.7 Å². The molecule has 0 N–H and O–H groups in total. The minimum absolute atomic E-state index is 0.0211. The van der Waals surface area contributed by atoms with E-state index in [0.717, 1.165) is 5.56 Å². The van der Waals surface area contributed by atoms with Crippen molar-refractivity contribution in [2.24, 2.45) is 0 Å². The Morgan fingerprint density at radius 2 is 1.69 bits per heavy atom. The highest BCUT2D eigenvalue weighted by molar-refractivity contribution is 7.89. The van der Waals surface area contributed by atoms with Gasteiger partial charge in [-0.2, -0.15) is 4.31 Å². The minimum atomic E-state index is -3.82. The fourth-order valence-corrected chi connectivity index (χ4v) is 5.13. The number of ether oxygens (including phenoxy) is 1. The number of methoxy groups -OCH3 is 1. The molecule has 8 heteroatoms. The van der Waals surface area contributed by atoms with Crippen molar-refractivity contribution in [3.8, 4) is 5.75 Å². The van der Waals surface area contributed by atoms with Gasteiger partial charge in [-0.1, -0.05) is 44.2 Å². The van der Waals surface area contributed by atoms with Gasteiger partial charge in [0.2, 0.25) is 10.0 Å². The van der Waals surface area contributed by atoms with Crippen molar-refractivity contribution in [3.63, 3.8) is 0 Å². The zero-order valence-corrected chi connectivity index (χ0v) is 19.3. The third-order valence-electron chi connectivity index (χ3n) is 5.16. The van der Waals surface area contributed by atoms with Crippen LogP contribution in [-0.2, 0) is 23.1 Å². The van der Waals surface area contributed by atoms with Crippen LogP contribution in [0.3, 0.4) is 0 Å². The maximum atomic E-state index is 13.5. The summed E-state index contributed by atoms with van der Waals surface area (Å²) in [6.07, 6.45) is 1.56. The molecule has 3 aromatic rings. The van der Waals surface area contributed by atoms with Gasteiger partial charge in [0.15, 0.2) is 0 Å². The van der Waals surface area contributed by atoms with Crippen LogP contribution in [0, 0.1) is 0 Å². The highest BCUT2D eigenvalue weighted by atomic mass is 32.2. The number of carbonyl (C=O) groups is 1. The predicted molar refractivity (Wildman–Crippen MR) is 122 cm³/mol. The topological polar surface area (TPSA) is 80.1 Å². The van der Waals surface area contributed by atoms with E-state index in [4.69, 9.17) is 9.15 Å². The van der Waals surface area contributed by atoms with Crippen molar-refractivity contribution in [2.75, 3.05) is 20.2 Å². The predicted octanol–water partition coefficient (Wildman–Crippen LogP) is 4.16. The molecular weight excluding hydrogens is 428 g/mol. The summed E-state index contributed by atoms with van der Waals surface area (Å²) in [5.41, 5.74) is 1.22. The summed E-state index contributed by atoms with van der Waals surface area (Å²) in [4.78, 5) is 15.1. The van der Waals surface area contributed by atoms with Crippen LogP contribution in [0.25, 0.3) is 0 Å². The zero-order valence-electron chi connectivity index (χ0n) is 18.5. The molecule has 3 rings (SSSR count). The Morgan fingerprint density at radius 1 is 0.969 bits per heavy atom. The van der Waals surface area contributed by atoms with Gasteiger partial charge in [-0.25, -0.2) is 8.42 Å². The average molecular weight is 457 g/mol. The Labute approximate surface area is 189 Å². The number of hydrogen-bond donors (Lipinski definition) is 0. The lowest BCUT2D eigenvalue weighted by atomic mass is 10.1. The van der Waals surface area contributed by atoms with Crippen LogP contribution < -0.4 is 4.74 Å². The molecule has 0 radical (unpaired) electrons. The summed E-state index contributed by atoms with van der Waals surface area (Å²) in [7, 11) is -2.40. The van der Waals surface area contributed by atoms with Crippen molar-refractivity contribution in [1.29, 1.82) is 0 Å². The van der Waals surface area contributed by atoms with Crippen molar-refractivity contribution < 1.29 is 22.4 Å². The lowest BCUT2D eigenvalue weighted by Crippen LogP contribution is -2.32. The zero-order chi connectivity index (χ0) is 23.1. The van der Waals surface area contributed by atoms with Gasteiger partial charge < -0.3 is 14.1 Å². The van der Waals surface area contributed by atoms with E-state index >= 15 is 0 Å². The van der Waals surface area contributed by atoms with Gasteiger partial charge >= 0.3 is 0 Å². The molecule has 1 heterocycles. The number of carbonyl (C=O) groups excluding carboxylic acids is 1. The summed E-state index contributed by atoms with van der Waals surface area (Å²) in [6.45, 7) is 4.79. The molecule has 170 valence electrons. The second-order valence-corrected chi connectivity index (χ2v) is 9.09. The van der Waals surface area contributed by atoms with Crippen molar-refractivity contribution >= 4 is 15.9 Å². The van der Waals surface area contributed by atoms with E-state index in [1.54, 1.807) is 43.2 Å². The Kier molecular flexibility index (Phi) is 7.71. The molecule has 1 aromatic heterocycles. The van der Waals surface area contributed by atoms with Gasteiger partial charge in [-0.05, 0) is 35.9 Å². The summed E-state index contributed by atoms with van der Waals surface area (Å²) in [5, 5.41) is 0. The van der Waals surface area contributed by atoms with Crippen molar-refractivity contribution in [1.82, 2.24) is 9.21 Å². The highest BCUT2D eigenvalue weighted by Crippen LogP contribution is 2.29. The van der Waals surface area contributed by atoms with Crippen LogP contribution in [0.2, 0.25) is 0 Å². The maximum Gasteiger partial charge on any atom is 0.254 e. The molecule has 0 bridgehead atoms. The van der Waals surface area contributed by atoms with E-state index in [1.807, 2.05) is 30.3 Å². The molecular formula is C24H28N2O5S. The molecule has 0 aliphatic rings. The Bertz CT molecular complexity index is 1120. The highest BCUT2D eigenvalue weighted by Gasteiger charge is 2.28. The van der Waals surface area contributed by atoms with Gasteiger partial charge in [-0.3, -0.25) is 4.79 Å². The Balaban J connectivity index is 2.00. The first kappa shape index (κ1) is 23.6. The quantitative estimate of drug-likeness (QED) is 0.458. The second kappa shape index (κ2) is 10.5. The first-order valence-electron chi connectivity index (χ1n) is 10.4. The molecule has 0 fully saturated rings. The maximum absolute atomic E-state index is 13.5. The molecule has 0 spiro atoms. The Morgan fingerprint density at radius 3 is 2.28 bits per heavy atom. The van der Waals surface area contributed by atoms with Gasteiger partial charge in [0.1, 0.15) is 16.4 Å². The number of furan rings is 1. The molecule has 0 atom stereocenters. The van der Waals surface area contributed by atoms with Crippen LogP contribution in [0.5, 0.6) is 5.75 Å². The van der Waals surface area contributed by atoms with Gasteiger partial charge in [0, 0.05) is 25.2 Å². The van der Waals surface area contributed by atoms with E-state index < -0.39 is 10.0 Å². The minimum Gasteiger partial charge on any atom is -0.495 e. The number of hydrogen-bond acceptors (Lipinski definition) is 5. The molecule has 7 nitrogen and oxygen atoms in total. The molecule has 1 amide bonds. The summed E-state index contributed by atoms with van der Waals surface area (Å²) in [5.74, 6) is 0.539. The van der Waals surface area contributed by atoms with Crippen LogP contribution in [0.4, 0.5) is 0 Å². The van der Waals surface area contributed by atoms with Gasteiger partial charge in [0.25, 0.3) is 5.91 Å². The largest absolute Gasteiger partial charge is 0.495 e. The number of rotatable bonds is 10. The first-order chi connectivity index (χ1) is 15.4. The van der Waals surface area contributed by atoms with Crippen molar-refractivity contribution in [3.05, 3.63) is 83.8 Å². The first-order valence-corrected chi connectivity index (χ1v) is 11.9. The molecule has 0 unspecified atom stereocenters. The summed E-state index contributed by atoms with van der Waals surface area (Å²) < 4.78 is 38.4. The van der Waals surface area contributed by atoms with Crippen LogP contribution in [0.1, 0.15) is 35.5 Å². The normalized spacial score (nSPS) is 11.5. The standard InChI is InChI=1S/C24H28N2O5S/c1-4-26(5-2)32(28,29)23-16-20(13-14-22(23)30-3)24(27)25(18-21-12-9-15-31-21)17-19-10-7-6-8-11-19/h6-16H,4-5,17-18H2,1-3H3. The Hall–Kier alpha value is -3.10. The van der Waals surface area contributed by atoms with E-state index in [1.165, 1.54) is 23.5 Å². The number of amides is 1. The molecule has 0 aliphatic heterocycles. The molecule has 0 aliphatic carbocycles. The van der Waals surface area contributed by atoms with E-state index in [9.17, 15) is 13.2 Å². The van der Waals surface area contributed by atoms with E-state index in [2.05, 4.69) is 0 Å².